The lowest BCUT2D eigenvalue weighted by molar-refractivity contribution is -0.123. The van der Waals surface area contributed by atoms with E-state index < -0.39 is 23.8 Å². The van der Waals surface area contributed by atoms with Gasteiger partial charge < -0.3 is 10.1 Å². The van der Waals surface area contributed by atoms with Crippen LogP contribution >= 0.6 is 11.6 Å². The first kappa shape index (κ1) is 16.0. The van der Waals surface area contributed by atoms with E-state index in [1.807, 2.05) is 0 Å². The van der Waals surface area contributed by atoms with E-state index in [0.717, 1.165) is 6.07 Å². The quantitative estimate of drug-likeness (QED) is 0.874. The van der Waals surface area contributed by atoms with Gasteiger partial charge in [0.2, 0.25) is 0 Å². The summed E-state index contributed by atoms with van der Waals surface area (Å²) in [6.07, 6.45) is -1.09. The maximum absolute atomic E-state index is 13.5. The van der Waals surface area contributed by atoms with Crippen LogP contribution in [-0.2, 0) is 9.53 Å². The predicted molar refractivity (Wildman–Crippen MR) is 81.4 cm³/mol. The molecule has 4 nitrogen and oxygen atoms in total. The zero-order valence-electron chi connectivity index (χ0n) is 11.7. The van der Waals surface area contributed by atoms with Crippen molar-refractivity contribution in [3.8, 4) is 0 Å². The van der Waals surface area contributed by atoms with Gasteiger partial charge >= 0.3 is 5.97 Å². The Hall–Kier alpha value is -2.40. The number of ether oxygens (including phenoxy) is 1. The zero-order valence-corrected chi connectivity index (χ0v) is 12.4. The van der Waals surface area contributed by atoms with Crippen molar-refractivity contribution in [2.24, 2.45) is 0 Å². The van der Waals surface area contributed by atoms with E-state index in [9.17, 15) is 14.0 Å². The van der Waals surface area contributed by atoms with Gasteiger partial charge in [-0.2, -0.15) is 0 Å². The minimum Gasteiger partial charge on any atom is -0.449 e. The highest BCUT2D eigenvalue weighted by molar-refractivity contribution is 6.33. The van der Waals surface area contributed by atoms with Crippen molar-refractivity contribution in [2.75, 3.05) is 5.32 Å². The molecule has 0 aromatic heterocycles. The third-order valence-electron chi connectivity index (χ3n) is 2.88. The normalized spacial score (nSPS) is 11.6. The fraction of sp³-hybridized carbons (Fsp3) is 0.125. The third kappa shape index (κ3) is 3.83. The molecular weight excluding hydrogens is 309 g/mol. The number of hydrogen-bond donors (Lipinski definition) is 1. The number of esters is 1. The Bertz CT molecular complexity index is 705. The highest BCUT2D eigenvalue weighted by atomic mass is 35.5. The number of hydrogen-bond acceptors (Lipinski definition) is 3. The van der Waals surface area contributed by atoms with Gasteiger partial charge in [-0.1, -0.05) is 35.9 Å². The summed E-state index contributed by atoms with van der Waals surface area (Å²) in [6.45, 7) is 1.39. The summed E-state index contributed by atoms with van der Waals surface area (Å²) in [5, 5.41) is 2.90. The lowest BCUT2D eigenvalue weighted by Crippen LogP contribution is -2.30. The van der Waals surface area contributed by atoms with Gasteiger partial charge in [-0.15, -0.1) is 0 Å². The molecule has 2 aromatic rings. The standard InChI is InChI=1S/C16H13ClFNO3/c1-10(15(20)19-14-9-5-3-7-12(14)17)22-16(21)11-6-2-4-8-13(11)18/h2-10H,1H3,(H,19,20). The van der Waals surface area contributed by atoms with Crippen LogP contribution < -0.4 is 5.32 Å². The van der Waals surface area contributed by atoms with Gasteiger partial charge in [0.1, 0.15) is 5.82 Å². The molecule has 2 aromatic carbocycles. The van der Waals surface area contributed by atoms with Crippen LogP contribution in [0.3, 0.4) is 0 Å². The number of anilines is 1. The molecule has 6 heteroatoms. The van der Waals surface area contributed by atoms with E-state index in [2.05, 4.69) is 5.32 Å². The van der Waals surface area contributed by atoms with E-state index in [-0.39, 0.29) is 5.56 Å². The molecule has 0 aliphatic heterocycles. The van der Waals surface area contributed by atoms with Crippen molar-refractivity contribution in [3.63, 3.8) is 0 Å². The van der Waals surface area contributed by atoms with E-state index in [0.29, 0.717) is 10.7 Å². The Morgan fingerprint density at radius 3 is 2.45 bits per heavy atom. The number of carbonyl (C=O) groups excluding carboxylic acids is 2. The molecule has 0 fully saturated rings. The van der Waals surface area contributed by atoms with Gasteiger partial charge in [-0.05, 0) is 31.2 Å². The SMILES string of the molecule is CC(OC(=O)c1ccccc1F)C(=O)Nc1ccccc1Cl. The monoisotopic (exact) mass is 321 g/mol. The number of carbonyl (C=O) groups is 2. The Balaban J connectivity index is 2.01. The minimum atomic E-state index is -1.09. The molecule has 1 N–H and O–H groups in total. The first-order valence-electron chi connectivity index (χ1n) is 6.50. The summed E-state index contributed by atoms with van der Waals surface area (Å²) in [7, 11) is 0. The molecule has 0 aliphatic carbocycles. The van der Waals surface area contributed by atoms with Crippen molar-refractivity contribution >= 4 is 29.2 Å². The summed E-state index contributed by atoms with van der Waals surface area (Å²) in [5.74, 6) is -2.16. The van der Waals surface area contributed by atoms with Crippen LogP contribution in [-0.4, -0.2) is 18.0 Å². The van der Waals surface area contributed by atoms with Gasteiger partial charge in [0.15, 0.2) is 6.10 Å². The number of halogens is 2. The number of amides is 1. The second-order valence-corrected chi connectivity index (χ2v) is 4.90. The van der Waals surface area contributed by atoms with Crippen LogP contribution in [0.1, 0.15) is 17.3 Å². The third-order valence-corrected chi connectivity index (χ3v) is 3.21. The highest BCUT2D eigenvalue weighted by Crippen LogP contribution is 2.20. The molecular formula is C16H13ClFNO3. The van der Waals surface area contributed by atoms with E-state index in [1.54, 1.807) is 24.3 Å². The van der Waals surface area contributed by atoms with Gasteiger partial charge in [-0.3, -0.25) is 4.79 Å². The average Bonchev–Trinajstić information content (AvgIpc) is 2.49. The molecule has 1 atom stereocenters. The summed E-state index contributed by atoms with van der Waals surface area (Å²) >= 11 is 5.92. The van der Waals surface area contributed by atoms with Crippen LogP contribution in [0.25, 0.3) is 0 Å². The Labute approximate surface area is 131 Å². The molecule has 22 heavy (non-hydrogen) atoms. The number of rotatable bonds is 4. The lowest BCUT2D eigenvalue weighted by atomic mass is 10.2. The fourth-order valence-electron chi connectivity index (χ4n) is 1.70. The highest BCUT2D eigenvalue weighted by Gasteiger charge is 2.21. The first-order chi connectivity index (χ1) is 10.5. The van der Waals surface area contributed by atoms with Crippen LogP contribution in [0.5, 0.6) is 0 Å². The largest absolute Gasteiger partial charge is 0.449 e. The molecule has 0 saturated heterocycles. The average molecular weight is 322 g/mol. The van der Waals surface area contributed by atoms with Crippen molar-refractivity contribution in [1.29, 1.82) is 0 Å². The summed E-state index contributed by atoms with van der Waals surface area (Å²) in [6, 6.07) is 12.1. The van der Waals surface area contributed by atoms with Crippen molar-refractivity contribution in [1.82, 2.24) is 0 Å². The maximum atomic E-state index is 13.5. The second kappa shape index (κ2) is 7.04. The summed E-state index contributed by atoms with van der Waals surface area (Å²) in [4.78, 5) is 23.8. The zero-order chi connectivity index (χ0) is 16.1. The smallest absolute Gasteiger partial charge is 0.341 e. The summed E-state index contributed by atoms with van der Waals surface area (Å²) < 4.78 is 18.4. The van der Waals surface area contributed by atoms with Crippen molar-refractivity contribution < 1.29 is 18.7 Å². The lowest BCUT2D eigenvalue weighted by Gasteiger charge is -2.14. The van der Waals surface area contributed by atoms with Crippen molar-refractivity contribution in [3.05, 3.63) is 64.9 Å². The van der Waals surface area contributed by atoms with Crippen LogP contribution in [0, 0.1) is 5.82 Å². The van der Waals surface area contributed by atoms with E-state index >= 15 is 0 Å². The Morgan fingerprint density at radius 1 is 1.14 bits per heavy atom. The van der Waals surface area contributed by atoms with Crippen LogP contribution in [0.15, 0.2) is 48.5 Å². The molecule has 0 bridgehead atoms. The molecule has 0 aliphatic rings. The topological polar surface area (TPSA) is 55.4 Å². The minimum absolute atomic E-state index is 0.222. The predicted octanol–water partition coefficient (Wildman–Crippen LogP) is 3.66. The van der Waals surface area contributed by atoms with Gasteiger partial charge in [0.05, 0.1) is 16.3 Å². The molecule has 0 saturated carbocycles. The molecule has 1 unspecified atom stereocenters. The maximum Gasteiger partial charge on any atom is 0.341 e. The van der Waals surface area contributed by atoms with Gasteiger partial charge in [0, 0.05) is 0 Å². The molecule has 0 spiro atoms. The van der Waals surface area contributed by atoms with Crippen LogP contribution in [0.4, 0.5) is 10.1 Å². The number of benzene rings is 2. The van der Waals surface area contributed by atoms with E-state index in [4.69, 9.17) is 16.3 Å². The first-order valence-corrected chi connectivity index (χ1v) is 6.87. The number of para-hydroxylation sites is 1. The Kier molecular flexibility index (Phi) is 5.12. The molecule has 0 radical (unpaired) electrons. The van der Waals surface area contributed by atoms with E-state index in [1.165, 1.54) is 25.1 Å². The Morgan fingerprint density at radius 2 is 1.77 bits per heavy atom. The summed E-state index contributed by atoms with van der Waals surface area (Å²) in [5.41, 5.74) is 0.183. The van der Waals surface area contributed by atoms with Gasteiger partial charge in [-0.25, -0.2) is 9.18 Å². The molecule has 1 amide bonds. The van der Waals surface area contributed by atoms with Crippen LogP contribution in [0.2, 0.25) is 5.02 Å². The van der Waals surface area contributed by atoms with Gasteiger partial charge in [0.25, 0.3) is 5.91 Å². The molecule has 0 heterocycles. The molecule has 114 valence electrons. The van der Waals surface area contributed by atoms with Crippen molar-refractivity contribution in [2.45, 2.75) is 13.0 Å². The molecule has 2 rings (SSSR count). The number of nitrogens with one attached hydrogen (secondary N) is 1. The fourth-order valence-corrected chi connectivity index (χ4v) is 1.88. The second-order valence-electron chi connectivity index (χ2n) is 4.50.